The lowest BCUT2D eigenvalue weighted by Crippen LogP contribution is -2.26. The molecule has 1 heterocycles. The molecular weight excluding hydrogens is 202 g/mol. The fraction of sp³-hybridized carbons (Fsp3) is 0.500. The number of terminal acetylenes is 1. The van der Waals surface area contributed by atoms with Gasteiger partial charge in [0.2, 0.25) is 5.88 Å². The zero-order chi connectivity index (χ0) is 12.0. The molecule has 86 valence electrons. The van der Waals surface area contributed by atoms with Crippen LogP contribution in [0.4, 0.5) is 5.82 Å². The standard InChI is InChI=1S/C12H17N3O/c1-5-7-14-10-8-13-9-11(15-10)16-12(3,4)6-2/h2,8-9H,5,7H2,1,3-4H3,(H,14,15). The van der Waals surface area contributed by atoms with Gasteiger partial charge >= 0.3 is 0 Å². The summed E-state index contributed by atoms with van der Waals surface area (Å²) in [5.74, 6) is 3.68. The first-order chi connectivity index (χ1) is 7.57. The molecule has 1 aromatic rings. The Morgan fingerprint density at radius 3 is 2.88 bits per heavy atom. The minimum Gasteiger partial charge on any atom is -0.457 e. The van der Waals surface area contributed by atoms with Gasteiger partial charge in [-0.15, -0.1) is 6.42 Å². The fourth-order valence-corrected chi connectivity index (χ4v) is 1.03. The Bertz CT molecular complexity index is 382. The highest BCUT2D eigenvalue weighted by atomic mass is 16.5. The Morgan fingerprint density at radius 2 is 2.25 bits per heavy atom. The molecule has 0 atom stereocenters. The van der Waals surface area contributed by atoms with Crippen LogP contribution in [0.1, 0.15) is 27.2 Å². The fourth-order valence-electron chi connectivity index (χ4n) is 1.03. The van der Waals surface area contributed by atoms with Crippen LogP contribution in [0.2, 0.25) is 0 Å². The Hall–Kier alpha value is -1.76. The molecule has 1 N–H and O–H groups in total. The largest absolute Gasteiger partial charge is 0.457 e. The van der Waals surface area contributed by atoms with Crippen LogP contribution in [-0.4, -0.2) is 22.1 Å². The van der Waals surface area contributed by atoms with Gasteiger partial charge in [0, 0.05) is 6.54 Å². The summed E-state index contributed by atoms with van der Waals surface area (Å²) >= 11 is 0. The average Bonchev–Trinajstić information content (AvgIpc) is 2.26. The summed E-state index contributed by atoms with van der Waals surface area (Å²) in [5.41, 5.74) is -0.669. The molecule has 0 amide bonds. The molecule has 0 bridgehead atoms. The average molecular weight is 219 g/mol. The molecule has 16 heavy (non-hydrogen) atoms. The van der Waals surface area contributed by atoms with Crippen molar-refractivity contribution in [3.8, 4) is 18.2 Å². The van der Waals surface area contributed by atoms with E-state index in [1.54, 1.807) is 26.2 Å². The second-order valence-electron chi connectivity index (χ2n) is 3.93. The van der Waals surface area contributed by atoms with Gasteiger partial charge in [-0.05, 0) is 20.3 Å². The van der Waals surface area contributed by atoms with Gasteiger partial charge in [-0.1, -0.05) is 12.8 Å². The highest BCUT2D eigenvalue weighted by Gasteiger charge is 2.16. The summed E-state index contributed by atoms with van der Waals surface area (Å²) in [6.07, 6.45) is 9.57. The molecule has 0 aliphatic heterocycles. The molecule has 0 saturated heterocycles. The highest BCUT2D eigenvalue weighted by molar-refractivity contribution is 5.33. The second-order valence-corrected chi connectivity index (χ2v) is 3.93. The van der Waals surface area contributed by atoms with Crippen LogP contribution in [0, 0.1) is 12.3 Å². The Labute approximate surface area is 96.5 Å². The van der Waals surface area contributed by atoms with E-state index in [4.69, 9.17) is 11.2 Å². The quantitative estimate of drug-likeness (QED) is 0.770. The molecule has 0 aromatic carbocycles. The number of anilines is 1. The summed E-state index contributed by atoms with van der Waals surface area (Å²) in [5, 5.41) is 3.13. The van der Waals surface area contributed by atoms with Crippen molar-refractivity contribution in [2.24, 2.45) is 0 Å². The summed E-state index contributed by atoms with van der Waals surface area (Å²) < 4.78 is 5.52. The third-order valence-electron chi connectivity index (χ3n) is 1.88. The summed E-state index contributed by atoms with van der Waals surface area (Å²) in [6.45, 7) is 6.56. The SMILES string of the molecule is C#CC(C)(C)Oc1cncc(NCCC)n1. The van der Waals surface area contributed by atoms with Gasteiger partial charge < -0.3 is 10.1 Å². The topological polar surface area (TPSA) is 47.0 Å². The van der Waals surface area contributed by atoms with Gasteiger partial charge in [0.05, 0.1) is 12.4 Å². The Morgan fingerprint density at radius 1 is 1.50 bits per heavy atom. The van der Waals surface area contributed by atoms with Crippen molar-refractivity contribution in [3.05, 3.63) is 12.4 Å². The molecular formula is C12H17N3O. The van der Waals surface area contributed by atoms with Crippen LogP contribution >= 0.6 is 0 Å². The monoisotopic (exact) mass is 219 g/mol. The van der Waals surface area contributed by atoms with E-state index >= 15 is 0 Å². The zero-order valence-electron chi connectivity index (χ0n) is 9.95. The van der Waals surface area contributed by atoms with E-state index in [-0.39, 0.29) is 0 Å². The van der Waals surface area contributed by atoms with Gasteiger partial charge in [0.15, 0.2) is 5.60 Å². The van der Waals surface area contributed by atoms with Crippen LogP contribution in [0.5, 0.6) is 5.88 Å². The van der Waals surface area contributed by atoms with Gasteiger partial charge in [-0.2, -0.15) is 4.98 Å². The van der Waals surface area contributed by atoms with Gasteiger partial charge in [0.25, 0.3) is 0 Å². The van der Waals surface area contributed by atoms with Crippen LogP contribution < -0.4 is 10.1 Å². The van der Waals surface area contributed by atoms with Crippen LogP contribution in [0.15, 0.2) is 12.4 Å². The molecule has 1 aromatic heterocycles. The third kappa shape index (κ3) is 3.77. The van der Waals surface area contributed by atoms with Crippen molar-refractivity contribution in [1.82, 2.24) is 9.97 Å². The summed E-state index contributed by atoms with van der Waals surface area (Å²) in [4.78, 5) is 8.29. The van der Waals surface area contributed by atoms with Crippen LogP contribution in [0.3, 0.4) is 0 Å². The molecule has 0 spiro atoms. The maximum absolute atomic E-state index is 5.52. The molecule has 0 fully saturated rings. The van der Waals surface area contributed by atoms with Crippen molar-refractivity contribution in [2.45, 2.75) is 32.8 Å². The maximum atomic E-state index is 5.52. The minimum atomic E-state index is -0.669. The van der Waals surface area contributed by atoms with Crippen LogP contribution in [0.25, 0.3) is 0 Å². The van der Waals surface area contributed by atoms with Crippen molar-refractivity contribution in [1.29, 1.82) is 0 Å². The lowest BCUT2D eigenvalue weighted by molar-refractivity contribution is 0.164. The number of rotatable bonds is 5. The second kappa shape index (κ2) is 5.36. The predicted molar refractivity (Wildman–Crippen MR) is 64.4 cm³/mol. The molecule has 0 saturated carbocycles. The molecule has 0 aliphatic rings. The van der Waals surface area contributed by atoms with E-state index < -0.39 is 5.60 Å². The maximum Gasteiger partial charge on any atom is 0.235 e. The van der Waals surface area contributed by atoms with E-state index in [1.165, 1.54) is 0 Å². The van der Waals surface area contributed by atoms with Crippen LogP contribution in [-0.2, 0) is 0 Å². The Kier molecular flexibility index (Phi) is 4.12. The zero-order valence-corrected chi connectivity index (χ0v) is 9.95. The van der Waals surface area contributed by atoms with Gasteiger partial charge in [0.1, 0.15) is 5.82 Å². The third-order valence-corrected chi connectivity index (χ3v) is 1.88. The molecule has 0 radical (unpaired) electrons. The van der Waals surface area contributed by atoms with E-state index in [0.717, 1.165) is 13.0 Å². The highest BCUT2D eigenvalue weighted by Crippen LogP contribution is 2.15. The Balaban J connectivity index is 2.72. The first-order valence-corrected chi connectivity index (χ1v) is 5.30. The number of nitrogens with one attached hydrogen (secondary N) is 1. The van der Waals surface area contributed by atoms with Gasteiger partial charge in [-0.3, -0.25) is 4.98 Å². The molecule has 1 rings (SSSR count). The van der Waals surface area contributed by atoms with E-state index in [2.05, 4.69) is 28.1 Å². The van der Waals surface area contributed by atoms with Gasteiger partial charge in [-0.25, -0.2) is 0 Å². The summed E-state index contributed by atoms with van der Waals surface area (Å²) in [7, 11) is 0. The molecule has 4 heteroatoms. The van der Waals surface area contributed by atoms with E-state index in [0.29, 0.717) is 11.7 Å². The molecule has 4 nitrogen and oxygen atoms in total. The van der Waals surface area contributed by atoms with Crippen molar-refractivity contribution < 1.29 is 4.74 Å². The number of nitrogens with zero attached hydrogens (tertiary/aromatic N) is 2. The first-order valence-electron chi connectivity index (χ1n) is 5.30. The number of hydrogen-bond donors (Lipinski definition) is 1. The van der Waals surface area contributed by atoms with E-state index in [1.807, 2.05) is 0 Å². The molecule has 0 unspecified atom stereocenters. The number of ether oxygens (including phenoxy) is 1. The number of aromatic nitrogens is 2. The summed E-state index contributed by atoms with van der Waals surface area (Å²) in [6, 6.07) is 0. The van der Waals surface area contributed by atoms with Crippen molar-refractivity contribution >= 4 is 5.82 Å². The van der Waals surface area contributed by atoms with E-state index in [9.17, 15) is 0 Å². The smallest absolute Gasteiger partial charge is 0.235 e. The first kappa shape index (κ1) is 12.3. The van der Waals surface area contributed by atoms with Crippen molar-refractivity contribution in [2.75, 3.05) is 11.9 Å². The lowest BCUT2D eigenvalue weighted by atomic mass is 10.1. The minimum absolute atomic E-state index is 0.434. The van der Waals surface area contributed by atoms with Crippen molar-refractivity contribution in [3.63, 3.8) is 0 Å². The molecule has 0 aliphatic carbocycles. The number of hydrogen-bond acceptors (Lipinski definition) is 4. The predicted octanol–water partition coefficient (Wildman–Crippen LogP) is 2.09. The normalized spacial score (nSPS) is 10.6. The lowest BCUT2D eigenvalue weighted by Gasteiger charge is -2.19.